The maximum Gasteiger partial charge on any atom is 0.309 e. The largest absolute Gasteiger partial charge is 0.469 e. The fraction of sp³-hybridized carbons (Fsp3) is 0.867. The number of Topliss-reactive ketones (excluding diaryl/α,β-unsaturated/α-hetero) is 1. The number of ketones is 1. The highest BCUT2D eigenvalue weighted by Crippen LogP contribution is 2.41. The molecule has 1 heterocycles. The average molecular weight is 283 g/mol. The molecule has 1 unspecified atom stereocenters. The molecule has 1 aliphatic heterocycles. The van der Waals surface area contributed by atoms with E-state index >= 15 is 0 Å². The van der Waals surface area contributed by atoms with Gasteiger partial charge in [-0.3, -0.25) is 14.5 Å². The molecular formula is C15H25NO4. The molecule has 0 aromatic rings. The van der Waals surface area contributed by atoms with Crippen LogP contribution in [0, 0.1) is 11.8 Å². The molecule has 5 heteroatoms. The third-order valence-electron chi connectivity index (χ3n) is 5.24. The van der Waals surface area contributed by atoms with E-state index in [1.54, 1.807) is 0 Å². The van der Waals surface area contributed by atoms with E-state index in [-0.39, 0.29) is 11.8 Å². The highest BCUT2D eigenvalue weighted by Gasteiger charge is 2.52. The van der Waals surface area contributed by atoms with Crippen LogP contribution in [0.25, 0.3) is 0 Å². The van der Waals surface area contributed by atoms with Crippen LogP contribution < -0.4 is 0 Å². The maximum absolute atomic E-state index is 13.0. The van der Waals surface area contributed by atoms with Gasteiger partial charge in [0.05, 0.1) is 24.7 Å². The van der Waals surface area contributed by atoms with Crippen molar-refractivity contribution in [2.24, 2.45) is 11.8 Å². The molecule has 0 radical (unpaired) electrons. The molecule has 2 fully saturated rings. The lowest BCUT2D eigenvalue weighted by molar-refractivity contribution is -0.151. The molecule has 1 saturated carbocycles. The first-order valence-electron chi connectivity index (χ1n) is 7.47. The number of likely N-dealkylation sites (N-methyl/N-ethyl adjacent to an activating group) is 1. The first kappa shape index (κ1) is 15.4. The number of likely N-dealkylation sites (tertiary alicyclic amines) is 1. The predicted octanol–water partition coefficient (Wildman–Crippen LogP) is 0.990. The molecule has 1 saturated heterocycles. The van der Waals surface area contributed by atoms with Gasteiger partial charge in [0, 0.05) is 5.92 Å². The number of carbonyl (C=O) groups excluding carboxylic acids is 2. The zero-order valence-electron chi connectivity index (χ0n) is 12.6. The van der Waals surface area contributed by atoms with Gasteiger partial charge < -0.3 is 9.84 Å². The quantitative estimate of drug-likeness (QED) is 0.779. The molecule has 2 rings (SSSR count). The second-order valence-corrected chi connectivity index (χ2v) is 6.14. The van der Waals surface area contributed by atoms with Gasteiger partial charge in [-0.1, -0.05) is 6.92 Å². The molecular weight excluding hydrogens is 258 g/mol. The summed E-state index contributed by atoms with van der Waals surface area (Å²) in [5, 5.41) is 9.86. The van der Waals surface area contributed by atoms with E-state index in [0.717, 1.165) is 25.8 Å². The molecule has 2 aliphatic rings. The predicted molar refractivity (Wildman–Crippen MR) is 74.1 cm³/mol. The van der Waals surface area contributed by atoms with Gasteiger partial charge in [-0.25, -0.2) is 0 Å². The summed E-state index contributed by atoms with van der Waals surface area (Å²) in [5.74, 6) is -1.14. The summed E-state index contributed by atoms with van der Waals surface area (Å²) in [6.45, 7) is 2.94. The van der Waals surface area contributed by atoms with Gasteiger partial charge in [0.2, 0.25) is 0 Å². The van der Waals surface area contributed by atoms with Gasteiger partial charge in [-0.15, -0.1) is 0 Å². The van der Waals surface area contributed by atoms with Gasteiger partial charge in [0.15, 0.2) is 5.78 Å². The van der Waals surface area contributed by atoms with Crippen molar-refractivity contribution in [3.63, 3.8) is 0 Å². The van der Waals surface area contributed by atoms with Crippen LogP contribution in [0.15, 0.2) is 0 Å². The Labute approximate surface area is 120 Å². The molecule has 20 heavy (non-hydrogen) atoms. The molecule has 4 atom stereocenters. The highest BCUT2D eigenvalue weighted by molar-refractivity contribution is 5.94. The molecule has 0 aromatic carbocycles. The van der Waals surface area contributed by atoms with E-state index in [2.05, 4.69) is 4.90 Å². The van der Waals surface area contributed by atoms with Crippen LogP contribution in [0.5, 0.6) is 0 Å². The van der Waals surface area contributed by atoms with E-state index in [4.69, 9.17) is 4.74 Å². The molecule has 0 amide bonds. The third-order valence-corrected chi connectivity index (χ3v) is 5.24. The fourth-order valence-electron chi connectivity index (χ4n) is 4.00. The topological polar surface area (TPSA) is 66.8 Å². The Balaban J connectivity index is 2.24. The van der Waals surface area contributed by atoms with E-state index in [0.29, 0.717) is 12.8 Å². The second-order valence-electron chi connectivity index (χ2n) is 6.14. The number of hydrogen-bond donors (Lipinski definition) is 1. The van der Waals surface area contributed by atoms with Crippen LogP contribution in [0.4, 0.5) is 0 Å². The Kier molecular flexibility index (Phi) is 4.49. The Morgan fingerprint density at radius 3 is 2.50 bits per heavy atom. The minimum Gasteiger partial charge on any atom is -0.469 e. The third kappa shape index (κ3) is 2.37. The number of rotatable bonds is 4. The van der Waals surface area contributed by atoms with Crippen LogP contribution in [0.1, 0.15) is 39.0 Å². The molecule has 0 bridgehead atoms. The van der Waals surface area contributed by atoms with E-state index in [1.807, 2.05) is 14.0 Å². The highest BCUT2D eigenvalue weighted by atomic mass is 16.5. The second kappa shape index (κ2) is 5.82. The van der Waals surface area contributed by atoms with Crippen molar-refractivity contribution in [3.05, 3.63) is 0 Å². The van der Waals surface area contributed by atoms with E-state index < -0.39 is 23.5 Å². The molecule has 0 spiro atoms. The fourth-order valence-corrected chi connectivity index (χ4v) is 4.00. The Hall–Kier alpha value is -0.940. The standard InChI is InChI=1S/C15H25NO4/c1-4-15(6-5-7-16(15)2)13(18)11-8-10(17)9-12(11)14(19)20-3/h10-12,17H,4-9H2,1-3H3/t10-,11?,12+,15+/m0/s1. The van der Waals surface area contributed by atoms with Crippen molar-refractivity contribution < 1.29 is 19.4 Å². The summed E-state index contributed by atoms with van der Waals surface area (Å²) in [6, 6.07) is 0. The van der Waals surface area contributed by atoms with Crippen LogP contribution in [0.3, 0.4) is 0 Å². The van der Waals surface area contributed by atoms with Crippen molar-refractivity contribution in [1.82, 2.24) is 4.90 Å². The van der Waals surface area contributed by atoms with Crippen LogP contribution in [0.2, 0.25) is 0 Å². The minimum atomic E-state index is -0.575. The normalized spacial score (nSPS) is 38.1. The number of aliphatic hydroxyl groups excluding tert-OH is 1. The number of methoxy groups -OCH3 is 1. The monoisotopic (exact) mass is 283 g/mol. The first-order valence-corrected chi connectivity index (χ1v) is 7.47. The van der Waals surface area contributed by atoms with Crippen molar-refractivity contribution in [3.8, 4) is 0 Å². The zero-order valence-corrected chi connectivity index (χ0v) is 12.6. The molecule has 1 N–H and O–H groups in total. The lowest BCUT2D eigenvalue weighted by Crippen LogP contribution is -2.52. The number of hydrogen-bond acceptors (Lipinski definition) is 5. The zero-order chi connectivity index (χ0) is 14.9. The Morgan fingerprint density at radius 1 is 1.35 bits per heavy atom. The number of ether oxygens (including phenoxy) is 1. The van der Waals surface area contributed by atoms with Gasteiger partial charge in [0.1, 0.15) is 0 Å². The van der Waals surface area contributed by atoms with Crippen LogP contribution >= 0.6 is 0 Å². The lowest BCUT2D eigenvalue weighted by Gasteiger charge is -2.36. The van der Waals surface area contributed by atoms with Gasteiger partial charge >= 0.3 is 5.97 Å². The van der Waals surface area contributed by atoms with Gasteiger partial charge in [-0.2, -0.15) is 0 Å². The van der Waals surface area contributed by atoms with Crippen molar-refractivity contribution >= 4 is 11.8 Å². The first-order chi connectivity index (χ1) is 9.46. The summed E-state index contributed by atoms with van der Waals surface area (Å²) in [4.78, 5) is 27.0. The minimum absolute atomic E-state index is 0.118. The van der Waals surface area contributed by atoms with E-state index in [1.165, 1.54) is 7.11 Å². The summed E-state index contributed by atoms with van der Waals surface area (Å²) < 4.78 is 4.80. The van der Waals surface area contributed by atoms with Crippen LogP contribution in [-0.2, 0) is 14.3 Å². The Bertz CT molecular complexity index is 397. The average Bonchev–Trinajstić information content (AvgIpc) is 3.01. The van der Waals surface area contributed by atoms with E-state index in [9.17, 15) is 14.7 Å². The molecule has 114 valence electrons. The Morgan fingerprint density at radius 2 is 2.00 bits per heavy atom. The van der Waals surface area contributed by atoms with Crippen molar-refractivity contribution in [2.45, 2.75) is 50.7 Å². The van der Waals surface area contributed by atoms with Gasteiger partial charge in [0.25, 0.3) is 0 Å². The number of esters is 1. The summed E-state index contributed by atoms with van der Waals surface area (Å²) >= 11 is 0. The SMILES string of the molecule is CC[C@]1(C(=O)C2C[C@H](O)C[C@H]2C(=O)OC)CCCN1C. The lowest BCUT2D eigenvalue weighted by atomic mass is 9.77. The van der Waals surface area contributed by atoms with Gasteiger partial charge in [-0.05, 0) is 45.7 Å². The molecule has 0 aromatic heterocycles. The number of carbonyl (C=O) groups is 2. The molecule has 5 nitrogen and oxygen atoms in total. The molecule has 1 aliphatic carbocycles. The summed E-state index contributed by atoms with van der Waals surface area (Å²) in [7, 11) is 3.32. The number of nitrogens with zero attached hydrogens (tertiary/aromatic N) is 1. The van der Waals surface area contributed by atoms with Crippen LogP contribution in [-0.4, -0.2) is 54.1 Å². The summed E-state index contributed by atoms with van der Waals surface area (Å²) in [5.41, 5.74) is -0.457. The van der Waals surface area contributed by atoms with Crippen molar-refractivity contribution in [2.75, 3.05) is 20.7 Å². The van der Waals surface area contributed by atoms with Crippen molar-refractivity contribution in [1.29, 1.82) is 0 Å². The summed E-state index contributed by atoms with van der Waals surface area (Å²) in [6.07, 6.45) is 2.76. The maximum atomic E-state index is 13.0. The number of aliphatic hydroxyl groups is 1. The smallest absolute Gasteiger partial charge is 0.309 e.